The Hall–Kier alpha value is -1.62. The van der Waals surface area contributed by atoms with Crippen molar-refractivity contribution in [2.45, 2.75) is 13.3 Å². The Morgan fingerprint density at radius 2 is 2.29 bits per heavy atom. The number of amides is 1. The normalized spacial score (nSPS) is 12.0. The molecule has 5 nitrogen and oxygen atoms in total. The zero-order valence-corrected chi connectivity index (χ0v) is 10.6. The van der Waals surface area contributed by atoms with Crippen molar-refractivity contribution in [3.8, 4) is 0 Å². The van der Waals surface area contributed by atoms with Crippen LogP contribution in [0.25, 0.3) is 0 Å². The first-order chi connectivity index (χ1) is 8.06. The average Bonchev–Trinajstić information content (AvgIpc) is 2.29. The summed E-state index contributed by atoms with van der Waals surface area (Å²) < 4.78 is 0. The molecule has 1 amide bonds. The molecule has 0 bridgehead atoms. The minimum Gasteiger partial charge on any atom is -0.361 e. The summed E-state index contributed by atoms with van der Waals surface area (Å²) in [6.07, 6.45) is 2.39. The lowest BCUT2D eigenvalue weighted by Gasteiger charge is -2.17. The van der Waals surface area contributed by atoms with E-state index >= 15 is 0 Å². The van der Waals surface area contributed by atoms with Crippen molar-refractivity contribution >= 4 is 17.4 Å². The van der Waals surface area contributed by atoms with Gasteiger partial charge in [-0.1, -0.05) is 6.92 Å². The highest BCUT2D eigenvalue weighted by Crippen LogP contribution is 2.21. The first-order valence-electron chi connectivity index (χ1n) is 5.69. The van der Waals surface area contributed by atoms with Gasteiger partial charge in [-0.15, -0.1) is 0 Å². The molecule has 3 N–H and O–H groups in total. The molecule has 0 aliphatic heterocycles. The fraction of sp³-hybridized carbons (Fsp3) is 0.500. The van der Waals surface area contributed by atoms with E-state index in [9.17, 15) is 4.79 Å². The number of nitrogens with zero attached hydrogens (tertiary/aromatic N) is 2. The molecule has 0 aliphatic carbocycles. The molecule has 94 valence electrons. The van der Waals surface area contributed by atoms with Crippen LogP contribution >= 0.6 is 0 Å². The van der Waals surface area contributed by atoms with E-state index in [2.05, 4.69) is 10.3 Å². The molecule has 17 heavy (non-hydrogen) atoms. The van der Waals surface area contributed by atoms with Crippen LogP contribution in [-0.2, 0) is 4.79 Å². The van der Waals surface area contributed by atoms with E-state index in [1.807, 2.05) is 32.0 Å². The Morgan fingerprint density at radius 3 is 2.88 bits per heavy atom. The maximum atomic E-state index is 11.9. The fourth-order valence-corrected chi connectivity index (χ4v) is 1.49. The number of anilines is 2. The van der Waals surface area contributed by atoms with Crippen molar-refractivity contribution < 1.29 is 4.79 Å². The molecule has 1 unspecified atom stereocenters. The maximum Gasteiger partial charge on any atom is 0.227 e. The SMILES string of the molecule is CC(CCN)C(=O)Nc1cccnc1N(C)C. The van der Waals surface area contributed by atoms with Gasteiger partial charge in [-0.3, -0.25) is 4.79 Å². The van der Waals surface area contributed by atoms with Gasteiger partial charge < -0.3 is 16.0 Å². The topological polar surface area (TPSA) is 71.2 Å². The van der Waals surface area contributed by atoms with Crippen LogP contribution in [0.4, 0.5) is 11.5 Å². The van der Waals surface area contributed by atoms with E-state index < -0.39 is 0 Å². The highest BCUT2D eigenvalue weighted by molar-refractivity contribution is 5.94. The molecule has 0 saturated carbocycles. The van der Waals surface area contributed by atoms with Crippen LogP contribution in [0.5, 0.6) is 0 Å². The van der Waals surface area contributed by atoms with Gasteiger partial charge in [-0.2, -0.15) is 0 Å². The van der Waals surface area contributed by atoms with Crippen LogP contribution < -0.4 is 16.0 Å². The molecular formula is C12H20N4O. The molecule has 0 spiro atoms. The number of nitrogens with two attached hydrogens (primary N) is 1. The number of hydrogen-bond donors (Lipinski definition) is 2. The smallest absolute Gasteiger partial charge is 0.227 e. The zero-order valence-electron chi connectivity index (χ0n) is 10.6. The number of hydrogen-bond acceptors (Lipinski definition) is 4. The molecule has 1 rings (SSSR count). The number of nitrogens with one attached hydrogen (secondary N) is 1. The minimum atomic E-state index is -0.0878. The molecule has 0 radical (unpaired) electrons. The van der Waals surface area contributed by atoms with Gasteiger partial charge in [-0.25, -0.2) is 4.98 Å². The number of pyridine rings is 1. The number of rotatable bonds is 5. The van der Waals surface area contributed by atoms with Crippen LogP contribution in [0.2, 0.25) is 0 Å². The quantitative estimate of drug-likeness (QED) is 0.802. The Kier molecular flexibility index (Phi) is 4.90. The van der Waals surface area contributed by atoms with Crippen LogP contribution in [0.3, 0.4) is 0 Å². The Balaban J connectivity index is 2.77. The van der Waals surface area contributed by atoms with Crippen molar-refractivity contribution in [2.24, 2.45) is 11.7 Å². The van der Waals surface area contributed by atoms with Gasteiger partial charge in [0.15, 0.2) is 5.82 Å². The van der Waals surface area contributed by atoms with Crippen molar-refractivity contribution in [2.75, 3.05) is 30.9 Å². The second-order valence-corrected chi connectivity index (χ2v) is 4.24. The summed E-state index contributed by atoms with van der Waals surface area (Å²) in [5.74, 6) is 0.641. The second kappa shape index (κ2) is 6.20. The third kappa shape index (κ3) is 3.71. The lowest BCUT2D eigenvalue weighted by molar-refractivity contribution is -0.119. The lowest BCUT2D eigenvalue weighted by atomic mass is 10.1. The maximum absolute atomic E-state index is 11.9. The van der Waals surface area contributed by atoms with E-state index in [0.717, 1.165) is 11.5 Å². The van der Waals surface area contributed by atoms with Crippen LogP contribution in [0.15, 0.2) is 18.3 Å². The standard InChI is InChI=1S/C12H20N4O/c1-9(6-7-13)12(17)15-10-5-4-8-14-11(10)16(2)3/h4-5,8-9H,6-7,13H2,1-3H3,(H,15,17). The molecule has 1 aromatic heterocycles. The Morgan fingerprint density at radius 1 is 1.59 bits per heavy atom. The van der Waals surface area contributed by atoms with E-state index in [0.29, 0.717) is 13.0 Å². The summed E-state index contributed by atoms with van der Waals surface area (Å²) in [5.41, 5.74) is 6.17. The van der Waals surface area contributed by atoms with Crippen LogP contribution in [-0.4, -0.2) is 31.5 Å². The first-order valence-corrected chi connectivity index (χ1v) is 5.69. The van der Waals surface area contributed by atoms with Gasteiger partial charge in [0.05, 0.1) is 5.69 Å². The zero-order chi connectivity index (χ0) is 12.8. The van der Waals surface area contributed by atoms with Crippen molar-refractivity contribution in [3.63, 3.8) is 0 Å². The largest absolute Gasteiger partial charge is 0.361 e. The van der Waals surface area contributed by atoms with Gasteiger partial charge in [0, 0.05) is 26.2 Å². The summed E-state index contributed by atoms with van der Waals surface area (Å²) in [6.45, 7) is 2.38. The van der Waals surface area contributed by atoms with Gasteiger partial charge in [0.1, 0.15) is 0 Å². The molecule has 1 heterocycles. The van der Waals surface area contributed by atoms with Gasteiger partial charge in [0.2, 0.25) is 5.91 Å². The summed E-state index contributed by atoms with van der Waals surface area (Å²) in [6, 6.07) is 3.64. The van der Waals surface area contributed by atoms with Crippen molar-refractivity contribution in [3.05, 3.63) is 18.3 Å². The van der Waals surface area contributed by atoms with Gasteiger partial charge >= 0.3 is 0 Å². The molecule has 0 aromatic carbocycles. The number of carbonyl (C=O) groups is 1. The number of aromatic nitrogens is 1. The van der Waals surface area contributed by atoms with Crippen molar-refractivity contribution in [1.29, 1.82) is 0 Å². The molecular weight excluding hydrogens is 216 g/mol. The first kappa shape index (κ1) is 13.4. The molecule has 0 fully saturated rings. The Labute approximate surface area is 102 Å². The number of carbonyl (C=O) groups excluding carboxylic acids is 1. The van der Waals surface area contributed by atoms with E-state index in [1.54, 1.807) is 12.3 Å². The van der Waals surface area contributed by atoms with Gasteiger partial charge in [0.25, 0.3) is 0 Å². The van der Waals surface area contributed by atoms with Gasteiger partial charge in [-0.05, 0) is 25.1 Å². The predicted molar refractivity (Wildman–Crippen MR) is 70.0 cm³/mol. The molecule has 1 atom stereocenters. The van der Waals surface area contributed by atoms with Crippen LogP contribution in [0.1, 0.15) is 13.3 Å². The monoisotopic (exact) mass is 236 g/mol. The molecule has 0 saturated heterocycles. The highest BCUT2D eigenvalue weighted by atomic mass is 16.1. The van der Waals surface area contributed by atoms with Crippen molar-refractivity contribution in [1.82, 2.24) is 4.98 Å². The van der Waals surface area contributed by atoms with Crippen LogP contribution in [0, 0.1) is 5.92 Å². The Bertz CT molecular complexity index is 379. The van der Waals surface area contributed by atoms with E-state index in [1.165, 1.54) is 0 Å². The highest BCUT2D eigenvalue weighted by Gasteiger charge is 2.14. The second-order valence-electron chi connectivity index (χ2n) is 4.24. The third-order valence-corrected chi connectivity index (χ3v) is 2.52. The minimum absolute atomic E-state index is 0.0217. The van der Waals surface area contributed by atoms with E-state index in [4.69, 9.17) is 5.73 Å². The summed E-state index contributed by atoms with van der Waals surface area (Å²) in [5, 5.41) is 2.88. The van der Waals surface area contributed by atoms with E-state index in [-0.39, 0.29) is 11.8 Å². The molecule has 1 aromatic rings. The third-order valence-electron chi connectivity index (χ3n) is 2.52. The molecule has 0 aliphatic rings. The lowest BCUT2D eigenvalue weighted by Crippen LogP contribution is -2.24. The summed E-state index contributed by atoms with van der Waals surface area (Å²) in [4.78, 5) is 18.0. The predicted octanol–water partition coefficient (Wildman–Crippen LogP) is 1.07. The summed E-state index contributed by atoms with van der Waals surface area (Å²) >= 11 is 0. The molecule has 5 heteroatoms. The fourth-order valence-electron chi connectivity index (χ4n) is 1.49. The average molecular weight is 236 g/mol. The summed E-state index contributed by atoms with van der Waals surface area (Å²) in [7, 11) is 3.78.